The molecule has 0 aliphatic rings. The van der Waals surface area contributed by atoms with Crippen LogP contribution in [0.4, 0.5) is 0 Å². The average molecular weight is 407 g/mol. The van der Waals surface area contributed by atoms with E-state index in [1.807, 2.05) is 13.8 Å². The molecule has 0 saturated heterocycles. The van der Waals surface area contributed by atoms with Crippen molar-refractivity contribution in [2.45, 2.75) is 44.4 Å². The summed E-state index contributed by atoms with van der Waals surface area (Å²) in [5.74, 6) is 1.92. The molecule has 0 fully saturated rings. The minimum absolute atomic E-state index is 0.0354. The smallest absolute Gasteiger partial charge is 0.276 e. The van der Waals surface area contributed by atoms with Crippen LogP contribution in [0.2, 0.25) is 0 Å². The molecule has 0 atom stereocenters. The number of aromatic nitrogens is 2. The number of hydrogen-bond donors (Lipinski definition) is 1. The van der Waals surface area contributed by atoms with Crippen LogP contribution in [0.1, 0.15) is 33.6 Å². The molecule has 0 spiro atoms. The number of rotatable bonds is 10. The highest BCUT2D eigenvalue weighted by molar-refractivity contribution is 7.99. The van der Waals surface area contributed by atoms with Crippen LogP contribution in [0.25, 0.3) is 11.5 Å². The van der Waals surface area contributed by atoms with Crippen LogP contribution in [-0.4, -0.2) is 47.4 Å². The summed E-state index contributed by atoms with van der Waals surface area (Å²) in [5, 5.41) is 11.3. The first-order chi connectivity index (χ1) is 13.2. The lowest BCUT2D eigenvalue weighted by Gasteiger charge is -2.24. The van der Waals surface area contributed by atoms with Gasteiger partial charge in [0.05, 0.1) is 14.2 Å². The minimum Gasteiger partial charge on any atom is -0.493 e. The molecule has 9 heteroatoms. The number of amides is 1. The molecule has 1 N–H and O–H groups in total. The second-order valence-electron chi connectivity index (χ2n) is 6.85. The molecule has 0 aliphatic heterocycles. The Morgan fingerprint density at radius 2 is 1.89 bits per heavy atom. The Balaban J connectivity index is 1.90. The van der Waals surface area contributed by atoms with Gasteiger partial charge in [-0.3, -0.25) is 9.59 Å². The number of hydrogen-bond acceptors (Lipinski definition) is 8. The highest BCUT2D eigenvalue weighted by Crippen LogP contribution is 2.32. The molecule has 2 rings (SSSR count). The lowest BCUT2D eigenvalue weighted by atomic mass is 9.98. The van der Waals surface area contributed by atoms with Gasteiger partial charge in [0.2, 0.25) is 11.8 Å². The number of methoxy groups -OCH3 is 2. The molecule has 0 saturated carbocycles. The van der Waals surface area contributed by atoms with Crippen molar-refractivity contribution in [3.05, 3.63) is 18.2 Å². The summed E-state index contributed by atoms with van der Waals surface area (Å²) in [6.07, 6.45) is 0.574. The zero-order valence-electron chi connectivity index (χ0n) is 16.7. The Labute approximate surface area is 168 Å². The van der Waals surface area contributed by atoms with Crippen molar-refractivity contribution >= 4 is 23.5 Å². The predicted octanol–water partition coefficient (Wildman–Crippen LogP) is 3.11. The van der Waals surface area contributed by atoms with Crippen LogP contribution >= 0.6 is 11.8 Å². The normalized spacial score (nSPS) is 11.2. The lowest BCUT2D eigenvalue weighted by Crippen LogP contribution is -2.44. The predicted molar refractivity (Wildman–Crippen MR) is 106 cm³/mol. The van der Waals surface area contributed by atoms with Gasteiger partial charge in [-0.25, -0.2) is 0 Å². The molecule has 0 unspecified atom stereocenters. The van der Waals surface area contributed by atoms with E-state index in [1.54, 1.807) is 32.4 Å². The Morgan fingerprint density at radius 1 is 1.18 bits per heavy atom. The van der Waals surface area contributed by atoms with E-state index in [2.05, 4.69) is 15.5 Å². The highest BCUT2D eigenvalue weighted by Gasteiger charge is 2.22. The Morgan fingerprint density at radius 3 is 2.54 bits per heavy atom. The van der Waals surface area contributed by atoms with E-state index in [0.717, 1.165) is 0 Å². The summed E-state index contributed by atoms with van der Waals surface area (Å²) in [5.41, 5.74) is 0.152. The van der Waals surface area contributed by atoms with Crippen molar-refractivity contribution in [3.63, 3.8) is 0 Å². The fourth-order valence-corrected chi connectivity index (χ4v) is 3.39. The van der Waals surface area contributed by atoms with Crippen molar-refractivity contribution in [2.24, 2.45) is 0 Å². The number of carbonyl (C=O) groups excluding carboxylic acids is 2. The fraction of sp³-hybridized carbons (Fsp3) is 0.474. The number of ketones is 1. The number of nitrogens with one attached hydrogen (secondary N) is 1. The largest absolute Gasteiger partial charge is 0.493 e. The number of benzene rings is 1. The van der Waals surface area contributed by atoms with Crippen LogP contribution in [0.3, 0.4) is 0 Å². The van der Waals surface area contributed by atoms with E-state index in [1.165, 1.54) is 18.7 Å². The van der Waals surface area contributed by atoms with Crippen molar-refractivity contribution in [2.75, 3.05) is 20.0 Å². The molecular weight excluding hydrogens is 382 g/mol. The molecule has 1 heterocycles. The van der Waals surface area contributed by atoms with Crippen LogP contribution in [0.15, 0.2) is 27.8 Å². The van der Waals surface area contributed by atoms with Gasteiger partial charge in [0, 0.05) is 29.7 Å². The van der Waals surface area contributed by atoms with E-state index in [4.69, 9.17) is 13.9 Å². The van der Waals surface area contributed by atoms with E-state index >= 15 is 0 Å². The summed E-state index contributed by atoms with van der Waals surface area (Å²) in [4.78, 5) is 23.3. The Kier molecular flexibility index (Phi) is 7.45. The molecule has 0 bridgehead atoms. The van der Waals surface area contributed by atoms with E-state index < -0.39 is 5.54 Å². The topological polar surface area (TPSA) is 104 Å². The molecule has 2 aromatic rings. The van der Waals surface area contributed by atoms with Crippen molar-refractivity contribution in [1.82, 2.24) is 15.5 Å². The molecule has 8 nitrogen and oxygen atoms in total. The first-order valence-corrected chi connectivity index (χ1v) is 9.72. The van der Waals surface area contributed by atoms with Gasteiger partial charge in [0.1, 0.15) is 5.78 Å². The van der Waals surface area contributed by atoms with E-state index in [-0.39, 0.29) is 18.1 Å². The summed E-state index contributed by atoms with van der Waals surface area (Å²) >= 11 is 1.30. The third-order valence-corrected chi connectivity index (χ3v) is 4.58. The molecule has 1 aromatic heterocycles. The Hall–Kier alpha value is -2.55. The fourth-order valence-electron chi connectivity index (χ4n) is 2.69. The maximum Gasteiger partial charge on any atom is 0.276 e. The quantitative estimate of drug-likeness (QED) is 0.599. The van der Waals surface area contributed by atoms with Gasteiger partial charge < -0.3 is 19.2 Å². The van der Waals surface area contributed by atoms with Crippen LogP contribution in [0.5, 0.6) is 11.5 Å². The summed E-state index contributed by atoms with van der Waals surface area (Å²) in [7, 11) is 3.12. The summed E-state index contributed by atoms with van der Waals surface area (Å²) in [6.45, 7) is 5.16. The number of Topliss-reactive ketones (excluding diaryl/α,β-unsaturated/α-hetero) is 1. The highest BCUT2D eigenvalue weighted by atomic mass is 32.2. The molecule has 152 valence electrons. The SMILES string of the molecule is COc1ccc(-c2nnc(SCCC(=O)NC(C)(C)CC(C)=O)o2)cc1OC. The monoisotopic (exact) mass is 407 g/mol. The molecular formula is C19H25N3O5S. The summed E-state index contributed by atoms with van der Waals surface area (Å²) < 4.78 is 16.1. The van der Waals surface area contributed by atoms with Gasteiger partial charge in [-0.2, -0.15) is 0 Å². The molecule has 0 aliphatic carbocycles. The van der Waals surface area contributed by atoms with Gasteiger partial charge in [-0.05, 0) is 39.0 Å². The molecule has 28 heavy (non-hydrogen) atoms. The number of ether oxygens (including phenoxy) is 2. The third-order valence-electron chi connectivity index (χ3n) is 3.76. The molecule has 1 aromatic carbocycles. The van der Waals surface area contributed by atoms with Gasteiger partial charge in [-0.1, -0.05) is 11.8 Å². The van der Waals surface area contributed by atoms with Crippen molar-refractivity contribution in [1.29, 1.82) is 0 Å². The lowest BCUT2D eigenvalue weighted by molar-refractivity contribution is -0.123. The zero-order chi connectivity index (χ0) is 20.7. The minimum atomic E-state index is -0.557. The van der Waals surface area contributed by atoms with Crippen molar-refractivity contribution in [3.8, 4) is 23.0 Å². The van der Waals surface area contributed by atoms with Gasteiger partial charge >= 0.3 is 0 Å². The average Bonchev–Trinajstić information content (AvgIpc) is 3.08. The molecule has 0 radical (unpaired) electrons. The maximum absolute atomic E-state index is 12.1. The Bertz CT molecular complexity index is 835. The second-order valence-corrected chi connectivity index (χ2v) is 7.90. The second kappa shape index (κ2) is 9.59. The third kappa shape index (κ3) is 6.26. The van der Waals surface area contributed by atoms with Crippen LogP contribution in [0, 0.1) is 0 Å². The van der Waals surface area contributed by atoms with Gasteiger partial charge in [0.25, 0.3) is 5.22 Å². The van der Waals surface area contributed by atoms with Crippen LogP contribution < -0.4 is 14.8 Å². The molecule has 1 amide bonds. The van der Waals surface area contributed by atoms with E-state index in [0.29, 0.717) is 40.3 Å². The standard InChI is InChI=1S/C19H25N3O5S/c1-12(23)11-19(2,3)20-16(24)8-9-28-18-22-21-17(27-18)13-6-7-14(25-4)15(10-13)26-5/h6-7,10H,8-9,11H2,1-5H3,(H,20,24). The van der Waals surface area contributed by atoms with Gasteiger partial charge in [-0.15, -0.1) is 10.2 Å². The van der Waals surface area contributed by atoms with Crippen LogP contribution in [-0.2, 0) is 9.59 Å². The number of thioether (sulfide) groups is 1. The van der Waals surface area contributed by atoms with E-state index in [9.17, 15) is 9.59 Å². The maximum atomic E-state index is 12.1. The first kappa shape index (κ1) is 21.7. The van der Waals surface area contributed by atoms with Crippen molar-refractivity contribution < 1.29 is 23.5 Å². The number of carbonyl (C=O) groups is 2. The zero-order valence-corrected chi connectivity index (χ0v) is 17.5. The summed E-state index contributed by atoms with van der Waals surface area (Å²) in [6, 6.07) is 5.32. The first-order valence-electron chi connectivity index (χ1n) is 8.73. The number of nitrogens with zero attached hydrogens (tertiary/aromatic N) is 2. The van der Waals surface area contributed by atoms with Gasteiger partial charge in [0.15, 0.2) is 11.5 Å².